The molecule has 2 aromatic carbocycles. The van der Waals surface area contributed by atoms with Crippen LogP contribution in [0.25, 0.3) is 0 Å². The maximum absolute atomic E-state index is 11.8. The van der Waals surface area contributed by atoms with Gasteiger partial charge in [0, 0.05) is 29.0 Å². The molecule has 3 aromatic rings. The molecule has 0 aliphatic rings. The van der Waals surface area contributed by atoms with E-state index >= 15 is 0 Å². The number of hydrazone groups is 1. The normalized spacial score (nSPS) is 10.7. The van der Waals surface area contributed by atoms with Crippen molar-refractivity contribution in [2.75, 3.05) is 6.61 Å². The Kier molecular flexibility index (Phi) is 7.30. The number of nitrogens with one attached hydrogen (secondary N) is 1. The van der Waals surface area contributed by atoms with E-state index in [4.69, 9.17) is 16.3 Å². The van der Waals surface area contributed by atoms with Gasteiger partial charge in [-0.1, -0.05) is 17.7 Å². The number of amides is 1. The van der Waals surface area contributed by atoms with E-state index in [1.165, 1.54) is 12.3 Å². The molecule has 0 radical (unpaired) electrons. The summed E-state index contributed by atoms with van der Waals surface area (Å²) < 4.78 is 5.30. The Labute approximate surface area is 180 Å². The van der Waals surface area contributed by atoms with Gasteiger partial charge >= 0.3 is 0 Å². The highest BCUT2D eigenvalue weighted by molar-refractivity contribution is 7.99. The van der Waals surface area contributed by atoms with Crippen LogP contribution in [0.4, 0.5) is 5.69 Å². The molecule has 0 spiro atoms. The maximum Gasteiger partial charge on any atom is 0.283 e. The Morgan fingerprint density at radius 2 is 1.97 bits per heavy atom. The highest BCUT2D eigenvalue weighted by atomic mass is 35.5. The van der Waals surface area contributed by atoms with Gasteiger partial charge in [-0.15, -0.1) is 0 Å². The fourth-order valence-corrected chi connectivity index (χ4v) is 3.09. The lowest BCUT2D eigenvalue weighted by Gasteiger charge is -2.05. The minimum atomic E-state index is -0.499. The van der Waals surface area contributed by atoms with Crippen molar-refractivity contribution < 1.29 is 14.5 Å². The van der Waals surface area contributed by atoms with Gasteiger partial charge in [0.05, 0.1) is 16.0 Å². The van der Waals surface area contributed by atoms with Crippen LogP contribution in [0.3, 0.4) is 0 Å². The van der Waals surface area contributed by atoms with E-state index in [2.05, 4.69) is 20.5 Å². The zero-order valence-corrected chi connectivity index (χ0v) is 16.8. The second-order valence-corrected chi connectivity index (χ2v) is 7.10. The molecule has 1 amide bonds. The van der Waals surface area contributed by atoms with Gasteiger partial charge in [0.25, 0.3) is 11.6 Å². The second-order valence-electron chi connectivity index (χ2n) is 5.65. The van der Waals surface area contributed by atoms with E-state index in [-0.39, 0.29) is 12.3 Å². The first-order chi connectivity index (χ1) is 14.5. The molecule has 1 heterocycles. The van der Waals surface area contributed by atoms with Gasteiger partial charge < -0.3 is 4.74 Å². The highest BCUT2D eigenvalue weighted by Crippen LogP contribution is 2.33. The number of nitrogens with zero attached hydrogens (tertiary/aromatic N) is 4. The van der Waals surface area contributed by atoms with Gasteiger partial charge in [-0.2, -0.15) is 5.10 Å². The smallest absolute Gasteiger partial charge is 0.283 e. The predicted octanol–water partition coefficient (Wildman–Crippen LogP) is 3.72. The van der Waals surface area contributed by atoms with Crippen molar-refractivity contribution in [2.45, 2.75) is 10.1 Å². The molecule has 0 saturated carbocycles. The molecule has 0 saturated heterocycles. The number of benzene rings is 2. The van der Waals surface area contributed by atoms with Crippen molar-refractivity contribution in [3.63, 3.8) is 0 Å². The first-order valence-corrected chi connectivity index (χ1v) is 9.64. The van der Waals surface area contributed by atoms with Crippen LogP contribution < -0.4 is 10.2 Å². The summed E-state index contributed by atoms with van der Waals surface area (Å²) in [4.78, 5) is 31.2. The fraction of sp³-hybridized carbons (Fsp3) is 0.0526. The van der Waals surface area contributed by atoms with Gasteiger partial charge in [0.15, 0.2) is 11.8 Å². The van der Waals surface area contributed by atoms with Crippen LogP contribution in [-0.2, 0) is 4.79 Å². The summed E-state index contributed by atoms with van der Waals surface area (Å²) in [5.41, 5.74) is 2.63. The Balaban J connectivity index is 1.59. The Hall–Kier alpha value is -3.50. The van der Waals surface area contributed by atoms with Crippen LogP contribution in [0.15, 0.2) is 76.1 Å². The van der Waals surface area contributed by atoms with Crippen LogP contribution in [0.5, 0.6) is 5.75 Å². The maximum atomic E-state index is 11.8. The van der Waals surface area contributed by atoms with Gasteiger partial charge in [0.1, 0.15) is 5.75 Å². The topological polar surface area (TPSA) is 120 Å². The molecular weight excluding hydrogens is 430 g/mol. The van der Waals surface area contributed by atoms with Crippen molar-refractivity contribution >= 4 is 41.2 Å². The second kappa shape index (κ2) is 10.3. The number of hydrogen-bond donors (Lipinski definition) is 1. The number of aromatic nitrogens is 2. The van der Waals surface area contributed by atoms with Gasteiger partial charge in [-0.3, -0.25) is 14.9 Å². The highest BCUT2D eigenvalue weighted by Gasteiger charge is 2.16. The molecule has 152 valence electrons. The van der Waals surface area contributed by atoms with Crippen LogP contribution in [0, 0.1) is 10.1 Å². The zero-order valence-electron chi connectivity index (χ0n) is 15.3. The summed E-state index contributed by atoms with van der Waals surface area (Å²) in [6.07, 6.45) is 4.42. The molecule has 0 bridgehead atoms. The average Bonchev–Trinajstić information content (AvgIpc) is 2.75. The average molecular weight is 444 g/mol. The van der Waals surface area contributed by atoms with Crippen LogP contribution in [-0.4, -0.2) is 33.6 Å². The molecule has 9 nitrogen and oxygen atoms in total. The summed E-state index contributed by atoms with van der Waals surface area (Å²) in [7, 11) is 0. The molecule has 1 aromatic heterocycles. The van der Waals surface area contributed by atoms with Crippen molar-refractivity contribution in [3.8, 4) is 5.75 Å². The monoisotopic (exact) mass is 443 g/mol. The fourth-order valence-electron chi connectivity index (χ4n) is 2.17. The van der Waals surface area contributed by atoms with E-state index in [9.17, 15) is 14.9 Å². The lowest BCUT2D eigenvalue weighted by atomic mass is 10.2. The third-order valence-electron chi connectivity index (χ3n) is 3.51. The molecule has 3 rings (SSSR count). The van der Waals surface area contributed by atoms with E-state index in [0.717, 1.165) is 11.8 Å². The predicted molar refractivity (Wildman–Crippen MR) is 112 cm³/mol. The summed E-state index contributed by atoms with van der Waals surface area (Å²) in [5, 5.41) is 16.2. The first-order valence-electron chi connectivity index (χ1n) is 8.45. The number of carbonyl (C=O) groups excluding carboxylic acids is 1. The molecule has 0 unspecified atom stereocenters. The van der Waals surface area contributed by atoms with Crippen LogP contribution in [0.2, 0.25) is 5.02 Å². The number of nitro groups is 1. The van der Waals surface area contributed by atoms with Gasteiger partial charge in [-0.25, -0.2) is 15.4 Å². The molecule has 0 atom stereocenters. The molecule has 1 N–H and O–H groups in total. The molecule has 0 fully saturated rings. The summed E-state index contributed by atoms with van der Waals surface area (Å²) in [6, 6.07) is 12.8. The molecular formula is C19H14ClN5O4S. The van der Waals surface area contributed by atoms with E-state index < -0.39 is 10.8 Å². The number of halogens is 1. The Bertz CT molecular complexity index is 1060. The SMILES string of the molecule is O=C(COc1ccc(Cl)cc1)N/N=C\c1ccc(Sc2ncccn2)c([N+](=O)[O-])c1. The Morgan fingerprint density at radius 3 is 2.67 bits per heavy atom. The minimum Gasteiger partial charge on any atom is -0.484 e. The van der Waals surface area contributed by atoms with Gasteiger partial charge in [0.2, 0.25) is 0 Å². The zero-order chi connectivity index (χ0) is 21.3. The Morgan fingerprint density at radius 1 is 1.23 bits per heavy atom. The summed E-state index contributed by atoms with van der Waals surface area (Å²) in [5.74, 6) is 0.00809. The van der Waals surface area contributed by atoms with Crippen molar-refractivity contribution in [1.82, 2.24) is 15.4 Å². The van der Waals surface area contributed by atoms with Crippen LogP contribution >= 0.6 is 23.4 Å². The number of carbonyl (C=O) groups is 1. The van der Waals surface area contributed by atoms with Crippen molar-refractivity contribution in [3.05, 3.63) is 81.6 Å². The molecule has 0 aliphatic heterocycles. The number of hydrogen-bond acceptors (Lipinski definition) is 8. The third-order valence-corrected chi connectivity index (χ3v) is 4.72. The standard InChI is InChI=1S/C19H14ClN5O4S/c20-14-3-5-15(6-4-14)29-12-18(26)24-23-11-13-2-7-17(16(10-13)25(27)28)30-19-21-8-1-9-22-19/h1-11H,12H2,(H,24,26)/b23-11-. The molecule has 0 aliphatic carbocycles. The minimum absolute atomic E-state index is 0.117. The van der Waals surface area contributed by atoms with Gasteiger partial charge in [-0.05, 0) is 48.2 Å². The quantitative estimate of drug-likeness (QED) is 0.244. The number of rotatable bonds is 8. The molecule has 11 heteroatoms. The van der Waals surface area contributed by atoms with Crippen molar-refractivity contribution in [2.24, 2.45) is 5.10 Å². The summed E-state index contributed by atoms with van der Waals surface area (Å²) in [6.45, 7) is -0.244. The lowest BCUT2D eigenvalue weighted by molar-refractivity contribution is -0.387. The van der Waals surface area contributed by atoms with Crippen LogP contribution in [0.1, 0.15) is 5.56 Å². The third kappa shape index (κ3) is 6.26. The van der Waals surface area contributed by atoms with E-state index in [0.29, 0.717) is 26.4 Å². The van der Waals surface area contributed by atoms with Crippen molar-refractivity contribution in [1.29, 1.82) is 0 Å². The first kappa shape index (κ1) is 21.2. The largest absolute Gasteiger partial charge is 0.484 e. The summed E-state index contributed by atoms with van der Waals surface area (Å²) >= 11 is 6.86. The van der Waals surface area contributed by atoms with E-state index in [1.54, 1.807) is 54.9 Å². The lowest BCUT2D eigenvalue weighted by Crippen LogP contribution is -2.24. The van der Waals surface area contributed by atoms with E-state index in [1.807, 2.05) is 0 Å². The number of nitro benzene ring substituents is 1. The number of ether oxygens (including phenoxy) is 1. The molecule has 30 heavy (non-hydrogen) atoms.